The number of benzene rings is 2. The Balaban J connectivity index is 2.15. The average Bonchev–Trinajstić information content (AvgIpc) is 2.68. The molecule has 0 heterocycles. The second-order valence-electron chi connectivity index (χ2n) is 6.15. The first kappa shape index (κ1) is 21.0. The van der Waals surface area contributed by atoms with E-state index in [1.807, 2.05) is 25.1 Å². The fraction of sp³-hybridized carbons (Fsp3) is 0.300. The van der Waals surface area contributed by atoms with Crippen molar-refractivity contribution in [1.29, 1.82) is 0 Å². The minimum atomic E-state index is -0.437. The van der Waals surface area contributed by atoms with Crippen molar-refractivity contribution in [2.45, 2.75) is 0 Å². The van der Waals surface area contributed by atoms with Gasteiger partial charge in [0, 0.05) is 39.1 Å². The second-order valence-corrected chi connectivity index (χ2v) is 6.15. The number of carbonyl (C=O) groups is 2. The molecule has 150 valence electrons. The summed E-state index contributed by atoms with van der Waals surface area (Å²) in [5.41, 5.74) is 2.24. The van der Waals surface area contributed by atoms with E-state index in [-0.39, 0.29) is 5.91 Å². The van der Waals surface area contributed by atoms with Gasteiger partial charge in [0.2, 0.25) is 0 Å². The van der Waals surface area contributed by atoms with E-state index in [0.29, 0.717) is 35.8 Å². The summed E-state index contributed by atoms with van der Waals surface area (Å²) in [6.45, 7) is 0.816. The van der Waals surface area contributed by atoms with E-state index >= 15 is 0 Å². The van der Waals surface area contributed by atoms with Gasteiger partial charge in [0.1, 0.15) is 5.75 Å². The van der Waals surface area contributed by atoms with Crippen molar-refractivity contribution in [2.75, 3.05) is 57.0 Å². The highest BCUT2D eigenvalue weighted by molar-refractivity contribution is 6.04. The summed E-state index contributed by atoms with van der Waals surface area (Å²) in [7, 11) is 6.81. The maximum atomic E-state index is 12.5. The van der Waals surface area contributed by atoms with Crippen LogP contribution in [0.3, 0.4) is 0 Å². The Labute approximate surface area is 164 Å². The molecule has 0 fully saturated rings. The Morgan fingerprint density at radius 1 is 1.04 bits per heavy atom. The van der Waals surface area contributed by atoms with Crippen LogP contribution in [0, 0.1) is 0 Å². The Morgan fingerprint density at radius 2 is 1.79 bits per heavy atom. The van der Waals surface area contributed by atoms with Crippen molar-refractivity contribution < 1.29 is 19.1 Å². The Kier molecular flexibility index (Phi) is 7.65. The number of methoxy groups -OCH3 is 2. The molecule has 3 amide bonds. The van der Waals surface area contributed by atoms with Gasteiger partial charge >= 0.3 is 6.03 Å². The van der Waals surface area contributed by atoms with Crippen LogP contribution in [0.4, 0.5) is 21.9 Å². The van der Waals surface area contributed by atoms with Crippen molar-refractivity contribution >= 4 is 29.0 Å². The van der Waals surface area contributed by atoms with Crippen LogP contribution in [-0.2, 0) is 4.74 Å². The SMILES string of the molecule is COCCNC(=O)c1cc(NC(=O)Nc2ccccc2OC)ccc1N(C)C. The smallest absolute Gasteiger partial charge is 0.323 e. The number of nitrogens with zero attached hydrogens (tertiary/aromatic N) is 1. The molecule has 8 nitrogen and oxygen atoms in total. The number of hydrogen-bond donors (Lipinski definition) is 3. The summed E-state index contributed by atoms with van der Waals surface area (Å²) in [6.07, 6.45) is 0. The van der Waals surface area contributed by atoms with E-state index in [9.17, 15) is 9.59 Å². The molecule has 2 aromatic carbocycles. The molecule has 0 radical (unpaired) electrons. The van der Waals surface area contributed by atoms with Gasteiger partial charge in [0.15, 0.2) is 0 Å². The standard InChI is InChI=1S/C20H26N4O4/c1-24(2)17-10-9-14(13-15(17)19(25)21-11-12-27-3)22-20(26)23-16-7-5-6-8-18(16)28-4/h5-10,13H,11-12H2,1-4H3,(H,21,25)(H2,22,23,26). The van der Waals surface area contributed by atoms with E-state index < -0.39 is 6.03 Å². The van der Waals surface area contributed by atoms with Crippen molar-refractivity contribution in [3.05, 3.63) is 48.0 Å². The van der Waals surface area contributed by atoms with E-state index in [1.165, 1.54) is 7.11 Å². The minimum Gasteiger partial charge on any atom is -0.495 e. The van der Waals surface area contributed by atoms with Crippen LogP contribution < -0.4 is 25.6 Å². The zero-order chi connectivity index (χ0) is 20.5. The fourth-order valence-electron chi connectivity index (χ4n) is 2.58. The highest BCUT2D eigenvalue weighted by Crippen LogP contribution is 2.25. The molecule has 2 aromatic rings. The van der Waals surface area contributed by atoms with Gasteiger partial charge in [-0.3, -0.25) is 4.79 Å². The van der Waals surface area contributed by atoms with Gasteiger partial charge in [-0.2, -0.15) is 0 Å². The maximum Gasteiger partial charge on any atom is 0.323 e. The highest BCUT2D eigenvalue weighted by Gasteiger charge is 2.15. The molecule has 0 aromatic heterocycles. The third-order valence-electron chi connectivity index (χ3n) is 3.93. The molecule has 0 aliphatic heterocycles. The summed E-state index contributed by atoms with van der Waals surface area (Å²) in [5, 5.41) is 8.27. The van der Waals surface area contributed by atoms with Gasteiger partial charge in [-0.1, -0.05) is 12.1 Å². The number of carbonyl (C=O) groups excluding carboxylic acids is 2. The van der Waals surface area contributed by atoms with E-state index in [1.54, 1.807) is 43.5 Å². The lowest BCUT2D eigenvalue weighted by atomic mass is 10.1. The van der Waals surface area contributed by atoms with Crippen LogP contribution in [0.2, 0.25) is 0 Å². The molecule has 0 saturated carbocycles. The predicted molar refractivity (Wildman–Crippen MR) is 111 cm³/mol. The monoisotopic (exact) mass is 386 g/mol. The first-order chi connectivity index (χ1) is 13.5. The lowest BCUT2D eigenvalue weighted by molar-refractivity contribution is 0.0937. The highest BCUT2D eigenvalue weighted by atomic mass is 16.5. The van der Waals surface area contributed by atoms with Crippen LogP contribution in [0.25, 0.3) is 0 Å². The van der Waals surface area contributed by atoms with E-state index in [0.717, 1.165) is 5.69 Å². The molecule has 8 heteroatoms. The molecule has 0 unspecified atom stereocenters. The van der Waals surface area contributed by atoms with Crippen LogP contribution in [-0.4, -0.2) is 53.4 Å². The summed E-state index contributed by atoms with van der Waals surface area (Å²) in [6, 6.07) is 11.8. The number of nitrogens with one attached hydrogen (secondary N) is 3. The molecule has 0 bridgehead atoms. The molecule has 0 saturated heterocycles. The van der Waals surface area contributed by atoms with Crippen LogP contribution in [0.5, 0.6) is 5.75 Å². The largest absolute Gasteiger partial charge is 0.495 e. The predicted octanol–water partition coefficient (Wildman–Crippen LogP) is 2.78. The van der Waals surface area contributed by atoms with Gasteiger partial charge in [-0.15, -0.1) is 0 Å². The number of rotatable bonds is 8. The molecule has 0 aliphatic carbocycles. The Morgan fingerprint density at radius 3 is 2.46 bits per heavy atom. The number of urea groups is 1. The summed E-state index contributed by atoms with van der Waals surface area (Å²) in [5.74, 6) is 0.313. The van der Waals surface area contributed by atoms with Crippen molar-refractivity contribution in [1.82, 2.24) is 5.32 Å². The topological polar surface area (TPSA) is 91.9 Å². The molecular weight excluding hydrogens is 360 g/mol. The third-order valence-corrected chi connectivity index (χ3v) is 3.93. The summed E-state index contributed by atoms with van der Waals surface area (Å²) < 4.78 is 10.2. The second kappa shape index (κ2) is 10.2. The Bertz CT molecular complexity index is 824. The first-order valence-electron chi connectivity index (χ1n) is 8.75. The van der Waals surface area contributed by atoms with Crippen LogP contribution in [0.1, 0.15) is 10.4 Å². The number of anilines is 3. The van der Waals surface area contributed by atoms with E-state index in [4.69, 9.17) is 9.47 Å². The van der Waals surface area contributed by atoms with Crippen LogP contribution in [0.15, 0.2) is 42.5 Å². The van der Waals surface area contributed by atoms with Crippen LogP contribution >= 0.6 is 0 Å². The normalized spacial score (nSPS) is 10.1. The zero-order valence-electron chi connectivity index (χ0n) is 16.5. The number of ether oxygens (including phenoxy) is 2. The first-order valence-corrected chi connectivity index (χ1v) is 8.75. The van der Waals surface area contributed by atoms with Gasteiger partial charge < -0.3 is 30.3 Å². The molecule has 0 atom stereocenters. The quantitative estimate of drug-likeness (QED) is 0.607. The number of amides is 3. The maximum absolute atomic E-state index is 12.5. The Hall–Kier alpha value is -3.26. The van der Waals surface area contributed by atoms with Gasteiger partial charge in [-0.05, 0) is 30.3 Å². The zero-order valence-corrected chi connectivity index (χ0v) is 16.5. The molecule has 0 spiro atoms. The lowest BCUT2D eigenvalue weighted by Gasteiger charge is -2.18. The lowest BCUT2D eigenvalue weighted by Crippen LogP contribution is -2.29. The number of hydrogen-bond acceptors (Lipinski definition) is 5. The summed E-state index contributed by atoms with van der Waals surface area (Å²) >= 11 is 0. The van der Waals surface area contributed by atoms with Gasteiger partial charge in [-0.25, -0.2) is 4.79 Å². The molecular formula is C20H26N4O4. The fourth-order valence-corrected chi connectivity index (χ4v) is 2.58. The number of para-hydroxylation sites is 2. The summed E-state index contributed by atoms with van der Waals surface area (Å²) in [4.78, 5) is 26.7. The van der Waals surface area contributed by atoms with E-state index in [2.05, 4.69) is 16.0 Å². The van der Waals surface area contributed by atoms with Crippen molar-refractivity contribution in [3.8, 4) is 5.75 Å². The van der Waals surface area contributed by atoms with Crippen molar-refractivity contribution in [3.63, 3.8) is 0 Å². The van der Waals surface area contributed by atoms with Crippen molar-refractivity contribution in [2.24, 2.45) is 0 Å². The van der Waals surface area contributed by atoms with Gasteiger partial charge in [0.25, 0.3) is 5.91 Å². The third kappa shape index (κ3) is 5.62. The average molecular weight is 386 g/mol. The molecule has 0 aliphatic rings. The molecule has 2 rings (SSSR count). The molecule has 28 heavy (non-hydrogen) atoms. The minimum absolute atomic E-state index is 0.241. The van der Waals surface area contributed by atoms with Gasteiger partial charge in [0.05, 0.1) is 25.0 Å². The molecule has 3 N–H and O–H groups in total.